The van der Waals surface area contributed by atoms with Crippen LogP contribution in [0.2, 0.25) is 0 Å². The number of hydrogen-bond donors (Lipinski definition) is 1. The van der Waals surface area contributed by atoms with Crippen LogP contribution in [0, 0.1) is 0 Å². The van der Waals surface area contributed by atoms with E-state index >= 15 is 0 Å². The molecule has 1 N–H and O–H groups in total. The Hall–Kier alpha value is -2.19. The molecule has 26 heavy (non-hydrogen) atoms. The summed E-state index contributed by atoms with van der Waals surface area (Å²) in [5, 5.41) is 2.82. The first-order valence-corrected chi connectivity index (χ1v) is 8.82. The van der Waals surface area contributed by atoms with Gasteiger partial charge in [0.2, 0.25) is 0 Å². The van der Waals surface area contributed by atoms with Crippen molar-refractivity contribution in [1.82, 2.24) is 4.90 Å². The molecule has 8 heteroatoms. The van der Waals surface area contributed by atoms with E-state index in [-0.39, 0.29) is 6.03 Å². The van der Waals surface area contributed by atoms with E-state index in [2.05, 4.69) is 5.32 Å². The molecule has 0 radical (unpaired) electrons. The van der Waals surface area contributed by atoms with Crippen LogP contribution in [0.5, 0.6) is 0 Å². The molecule has 1 aliphatic rings. The summed E-state index contributed by atoms with van der Waals surface area (Å²) in [5.74, 6) is 0. The number of carbonyl (C=O) groups is 1. The Bertz CT molecular complexity index is 743. The molecule has 1 heterocycles. The molecule has 2 amide bonds. The third-order valence-electron chi connectivity index (χ3n) is 3.82. The molecular weight excluding hydrogens is 365 g/mol. The second-order valence-electron chi connectivity index (χ2n) is 5.68. The van der Waals surface area contributed by atoms with Crippen molar-refractivity contribution in [1.29, 1.82) is 0 Å². The molecule has 0 spiro atoms. The van der Waals surface area contributed by atoms with Gasteiger partial charge in [0.05, 0.1) is 18.8 Å². The summed E-state index contributed by atoms with van der Waals surface area (Å²) in [4.78, 5) is 15.4. The van der Waals surface area contributed by atoms with Crippen LogP contribution in [0.1, 0.15) is 5.56 Å². The zero-order valence-corrected chi connectivity index (χ0v) is 14.6. The minimum absolute atomic E-state index is 0.170. The minimum Gasteiger partial charge on any atom is -0.378 e. The first-order valence-electron chi connectivity index (χ1n) is 8.01. The van der Waals surface area contributed by atoms with Gasteiger partial charge in [0.25, 0.3) is 0 Å². The van der Waals surface area contributed by atoms with Crippen LogP contribution in [-0.2, 0) is 10.9 Å². The van der Waals surface area contributed by atoms with E-state index < -0.39 is 11.7 Å². The highest BCUT2D eigenvalue weighted by molar-refractivity contribution is 7.99. The zero-order chi connectivity index (χ0) is 18.6. The summed E-state index contributed by atoms with van der Waals surface area (Å²) in [6.07, 6.45) is -4.33. The fraction of sp³-hybridized carbons (Fsp3) is 0.278. The number of hydrogen-bond acceptors (Lipinski definition) is 3. The van der Waals surface area contributed by atoms with E-state index in [1.54, 1.807) is 17.0 Å². The Kier molecular flexibility index (Phi) is 5.73. The maximum absolute atomic E-state index is 12.6. The molecule has 0 aromatic heterocycles. The van der Waals surface area contributed by atoms with E-state index in [0.29, 0.717) is 36.9 Å². The van der Waals surface area contributed by atoms with Crippen LogP contribution in [0.3, 0.4) is 0 Å². The number of morpholine rings is 1. The summed E-state index contributed by atoms with van der Waals surface area (Å²) < 4.78 is 42.9. The molecular formula is C18H17F3N2O2S. The molecule has 0 unspecified atom stereocenters. The first-order chi connectivity index (χ1) is 12.4. The fourth-order valence-corrected chi connectivity index (χ4v) is 3.24. The molecule has 1 aliphatic heterocycles. The minimum atomic E-state index is -4.33. The van der Waals surface area contributed by atoms with Crippen molar-refractivity contribution in [2.75, 3.05) is 31.6 Å². The van der Waals surface area contributed by atoms with Crippen molar-refractivity contribution in [2.24, 2.45) is 0 Å². The molecule has 0 aliphatic carbocycles. The number of ether oxygens (including phenoxy) is 1. The van der Waals surface area contributed by atoms with Gasteiger partial charge in [-0.2, -0.15) is 13.2 Å². The van der Waals surface area contributed by atoms with Gasteiger partial charge >= 0.3 is 12.2 Å². The summed E-state index contributed by atoms with van der Waals surface area (Å²) in [6, 6.07) is 12.0. The van der Waals surface area contributed by atoms with Crippen molar-refractivity contribution >= 4 is 23.5 Å². The summed E-state index contributed by atoms with van der Waals surface area (Å²) in [7, 11) is 0. The third-order valence-corrected chi connectivity index (χ3v) is 4.84. The molecule has 4 nitrogen and oxygen atoms in total. The molecule has 1 fully saturated rings. The standard InChI is InChI=1S/C18H17F3N2O2S/c19-18(20,21)13-1-5-15(6-2-13)26-16-7-3-14(4-8-16)22-17(24)23-9-11-25-12-10-23/h1-8H,9-12H2,(H,22,24). The van der Waals surface area contributed by atoms with E-state index in [9.17, 15) is 18.0 Å². The Balaban J connectivity index is 1.58. The topological polar surface area (TPSA) is 41.6 Å². The highest BCUT2D eigenvalue weighted by Crippen LogP contribution is 2.33. The van der Waals surface area contributed by atoms with E-state index in [4.69, 9.17) is 4.74 Å². The van der Waals surface area contributed by atoms with Gasteiger partial charge < -0.3 is 15.0 Å². The van der Waals surface area contributed by atoms with Gasteiger partial charge in [-0.3, -0.25) is 0 Å². The number of urea groups is 1. The zero-order valence-electron chi connectivity index (χ0n) is 13.8. The van der Waals surface area contributed by atoms with Gasteiger partial charge in [-0.15, -0.1) is 0 Å². The predicted octanol–water partition coefficient (Wildman–Crippen LogP) is 4.72. The highest BCUT2D eigenvalue weighted by Gasteiger charge is 2.29. The Morgan fingerprint density at radius 3 is 2.04 bits per heavy atom. The average molecular weight is 382 g/mol. The van der Waals surface area contributed by atoms with E-state index in [1.807, 2.05) is 12.1 Å². The van der Waals surface area contributed by atoms with Gasteiger partial charge in [-0.25, -0.2) is 4.79 Å². The summed E-state index contributed by atoms with van der Waals surface area (Å²) in [6.45, 7) is 2.20. The number of nitrogens with one attached hydrogen (secondary N) is 1. The quantitative estimate of drug-likeness (QED) is 0.835. The van der Waals surface area contributed by atoms with Gasteiger partial charge in [0, 0.05) is 28.6 Å². The van der Waals surface area contributed by atoms with Crippen molar-refractivity contribution in [3.8, 4) is 0 Å². The predicted molar refractivity (Wildman–Crippen MR) is 93.4 cm³/mol. The molecule has 2 aromatic rings. The lowest BCUT2D eigenvalue weighted by molar-refractivity contribution is -0.137. The lowest BCUT2D eigenvalue weighted by Crippen LogP contribution is -2.43. The normalized spacial score (nSPS) is 15.0. The monoisotopic (exact) mass is 382 g/mol. The third kappa shape index (κ3) is 4.92. The molecule has 0 saturated carbocycles. The van der Waals surface area contributed by atoms with Crippen LogP contribution < -0.4 is 5.32 Å². The van der Waals surface area contributed by atoms with Gasteiger partial charge in [-0.05, 0) is 48.5 Å². The van der Waals surface area contributed by atoms with E-state index in [1.165, 1.54) is 23.9 Å². The number of halogens is 3. The molecule has 138 valence electrons. The number of alkyl halides is 3. The van der Waals surface area contributed by atoms with Crippen molar-refractivity contribution < 1.29 is 22.7 Å². The van der Waals surface area contributed by atoms with Crippen LogP contribution in [-0.4, -0.2) is 37.2 Å². The van der Waals surface area contributed by atoms with Gasteiger partial charge in [-0.1, -0.05) is 11.8 Å². The van der Waals surface area contributed by atoms with Crippen LogP contribution in [0.15, 0.2) is 58.3 Å². The average Bonchev–Trinajstić information content (AvgIpc) is 2.64. The number of carbonyl (C=O) groups excluding carboxylic acids is 1. The smallest absolute Gasteiger partial charge is 0.378 e. The molecule has 0 atom stereocenters. The lowest BCUT2D eigenvalue weighted by Gasteiger charge is -2.26. The van der Waals surface area contributed by atoms with Crippen molar-refractivity contribution in [2.45, 2.75) is 16.0 Å². The lowest BCUT2D eigenvalue weighted by atomic mass is 10.2. The highest BCUT2D eigenvalue weighted by atomic mass is 32.2. The number of rotatable bonds is 3. The second kappa shape index (κ2) is 8.01. The number of anilines is 1. The van der Waals surface area contributed by atoms with Gasteiger partial charge in [0.1, 0.15) is 0 Å². The van der Waals surface area contributed by atoms with Crippen LogP contribution in [0.25, 0.3) is 0 Å². The number of nitrogens with zero attached hydrogens (tertiary/aromatic N) is 1. The Labute approximate surface area is 153 Å². The van der Waals surface area contributed by atoms with Crippen LogP contribution >= 0.6 is 11.8 Å². The molecule has 1 saturated heterocycles. The van der Waals surface area contributed by atoms with Crippen molar-refractivity contribution in [3.05, 3.63) is 54.1 Å². The fourth-order valence-electron chi connectivity index (χ4n) is 2.42. The largest absolute Gasteiger partial charge is 0.416 e. The van der Waals surface area contributed by atoms with Crippen molar-refractivity contribution in [3.63, 3.8) is 0 Å². The maximum atomic E-state index is 12.6. The van der Waals surface area contributed by atoms with E-state index in [0.717, 1.165) is 17.0 Å². The molecule has 0 bridgehead atoms. The Morgan fingerprint density at radius 2 is 1.50 bits per heavy atom. The maximum Gasteiger partial charge on any atom is 0.416 e. The summed E-state index contributed by atoms with van der Waals surface area (Å²) in [5.41, 5.74) is 0.00119. The Morgan fingerprint density at radius 1 is 0.962 bits per heavy atom. The molecule has 2 aromatic carbocycles. The number of amides is 2. The number of benzene rings is 2. The SMILES string of the molecule is O=C(Nc1ccc(Sc2ccc(C(F)(F)F)cc2)cc1)N1CCOCC1. The second-order valence-corrected chi connectivity index (χ2v) is 6.83. The summed E-state index contributed by atoms with van der Waals surface area (Å²) >= 11 is 1.36. The molecule has 3 rings (SSSR count). The van der Waals surface area contributed by atoms with Crippen LogP contribution in [0.4, 0.5) is 23.7 Å². The first kappa shape index (κ1) is 18.6. The van der Waals surface area contributed by atoms with Gasteiger partial charge in [0.15, 0.2) is 0 Å².